The van der Waals surface area contributed by atoms with E-state index in [4.69, 9.17) is 0 Å². The van der Waals surface area contributed by atoms with Gasteiger partial charge in [0.2, 0.25) is 0 Å². The zero-order valence-corrected chi connectivity index (χ0v) is 13.7. The highest BCUT2D eigenvalue weighted by molar-refractivity contribution is 5.87. The topological polar surface area (TPSA) is 99.1 Å². The van der Waals surface area contributed by atoms with Gasteiger partial charge in [0.05, 0.1) is 4.92 Å². The Hall–Kier alpha value is -3.15. The minimum Gasteiger partial charge on any atom is -0.550 e. The summed E-state index contributed by atoms with van der Waals surface area (Å²) >= 11 is 0. The third-order valence-corrected chi connectivity index (χ3v) is 4.47. The normalized spacial score (nSPS) is 12.2. The lowest BCUT2D eigenvalue weighted by Crippen LogP contribution is -2.24. The number of carbonyl (C=O) groups excluding carboxylic acids is 1. The number of non-ortho nitro benzene ring substituents is 1. The van der Waals surface area contributed by atoms with Gasteiger partial charge in [0, 0.05) is 41.1 Å². The average molecular weight is 337 g/mol. The van der Waals surface area contributed by atoms with E-state index in [9.17, 15) is 20.0 Å². The minimum atomic E-state index is -1.16. The fourth-order valence-corrected chi connectivity index (χ4v) is 3.22. The van der Waals surface area contributed by atoms with E-state index in [1.54, 1.807) is 12.1 Å². The molecule has 0 saturated carbocycles. The molecule has 0 bridgehead atoms. The first kappa shape index (κ1) is 16.7. The zero-order chi connectivity index (χ0) is 18.0. The summed E-state index contributed by atoms with van der Waals surface area (Å²) in [6, 6.07) is 11.9. The van der Waals surface area contributed by atoms with Crippen molar-refractivity contribution < 1.29 is 14.8 Å². The molecule has 128 valence electrons. The largest absolute Gasteiger partial charge is 0.550 e. The summed E-state index contributed by atoms with van der Waals surface area (Å²) in [6.45, 7) is 2.06. The van der Waals surface area contributed by atoms with Gasteiger partial charge in [-0.05, 0) is 29.5 Å². The number of aromatic amines is 1. The lowest BCUT2D eigenvalue weighted by molar-refractivity contribution is -0.384. The van der Waals surface area contributed by atoms with Crippen LogP contribution in [0.5, 0.6) is 0 Å². The van der Waals surface area contributed by atoms with Gasteiger partial charge in [-0.15, -0.1) is 0 Å². The van der Waals surface area contributed by atoms with Crippen LogP contribution in [0.1, 0.15) is 36.0 Å². The fourth-order valence-electron chi connectivity index (χ4n) is 3.22. The van der Waals surface area contributed by atoms with E-state index in [2.05, 4.69) is 11.9 Å². The van der Waals surface area contributed by atoms with Crippen LogP contribution in [0.4, 0.5) is 5.69 Å². The highest BCUT2D eigenvalue weighted by atomic mass is 16.6. The highest BCUT2D eigenvalue weighted by Crippen LogP contribution is 2.35. The number of aryl methyl sites for hydroxylation is 1. The third-order valence-electron chi connectivity index (χ3n) is 4.47. The smallest absolute Gasteiger partial charge is 0.269 e. The molecule has 0 aliphatic heterocycles. The predicted octanol–water partition coefficient (Wildman–Crippen LogP) is 2.91. The molecule has 1 aromatic heterocycles. The number of benzene rings is 2. The van der Waals surface area contributed by atoms with Crippen molar-refractivity contribution in [2.45, 2.75) is 25.7 Å². The highest BCUT2D eigenvalue weighted by Gasteiger charge is 2.20. The van der Waals surface area contributed by atoms with Gasteiger partial charge in [-0.1, -0.05) is 37.3 Å². The number of nitrogens with one attached hydrogen (secondary N) is 1. The molecular weight excluding hydrogens is 320 g/mol. The SMILES string of the molecule is CCc1cccc2c([C@H](CC(=O)[O-])c3ccc([N+](=O)[O-])cc3)c[nH]c12. The average Bonchev–Trinajstić information content (AvgIpc) is 3.03. The van der Waals surface area contributed by atoms with Gasteiger partial charge in [-0.3, -0.25) is 10.1 Å². The number of H-pyrrole nitrogens is 1. The summed E-state index contributed by atoms with van der Waals surface area (Å²) in [7, 11) is 0. The van der Waals surface area contributed by atoms with Crippen LogP contribution in [-0.4, -0.2) is 15.9 Å². The number of carboxylic acid groups (broad SMARTS) is 1. The van der Waals surface area contributed by atoms with Gasteiger partial charge in [0.15, 0.2) is 0 Å². The van der Waals surface area contributed by atoms with Crippen molar-refractivity contribution >= 4 is 22.6 Å². The number of aromatic nitrogens is 1. The molecule has 25 heavy (non-hydrogen) atoms. The first-order valence-corrected chi connectivity index (χ1v) is 8.04. The van der Waals surface area contributed by atoms with E-state index in [-0.39, 0.29) is 12.1 Å². The second-order valence-electron chi connectivity index (χ2n) is 5.91. The van der Waals surface area contributed by atoms with Crippen molar-refractivity contribution in [3.8, 4) is 0 Å². The van der Waals surface area contributed by atoms with E-state index >= 15 is 0 Å². The van der Waals surface area contributed by atoms with Crippen molar-refractivity contribution in [3.05, 3.63) is 75.5 Å². The maximum absolute atomic E-state index is 11.3. The molecule has 0 amide bonds. The molecule has 3 rings (SSSR count). The molecule has 0 aliphatic rings. The zero-order valence-electron chi connectivity index (χ0n) is 13.7. The number of hydrogen-bond donors (Lipinski definition) is 1. The van der Waals surface area contributed by atoms with Crippen LogP contribution in [0, 0.1) is 10.1 Å². The monoisotopic (exact) mass is 337 g/mol. The van der Waals surface area contributed by atoms with E-state index < -0.39 is 16.8 Å². The second kappa shape index (κ2) is 6.76. The Labute approximate surface area is 144 Å². The molecule has 0 saturated heterocycles. The summed E-state index contributed by atoms with van der Waals surface area (Å²) < 4.78 is 0. The van der Waals surface area contributed by atoms with Gasteiger partial charge < -0.3 is 14.9 Å². The number of nitro groups is 1. The van der Waals surface area contributed by atoms with Gasteiger partial charge in [-0.2, -0.15) is 0 Å². The first-order chi connectivity index (χ1) is 12.0. The summed E-state index contributed by atoms with van der Waals surface area (Å²) in [6.07, 6.45) is 2.49. The van der Waals surface area contributed by atoms with Crippen LogP contribution in [0.25, 0.3) is 10.9 Å². The Bertz CT molecular complexity index is 928. The molecule has 0 unspecified atom stereocenters. The summed E-state index contributed by atoms with van der Waals surface area (Å²) in [5.74, 6) is -1.60. The Kier molecular flexibility index (Phi) is 4.52. The summed E-state index contributed by atoms with van der Waals surface area (Å²) in [5.41, 5.74) is 3.68. The summed E-state index contributed by atoms with van der Waals surface area (Å²) in [5, 5.41) is 23.1. The summed E-state index contributed by atoms with van der Waals surface area (Å²) in [4.78, 5) is 24.9. The lowest BCUT2D eigenvalue weighted by Gasteiger charge is -2.18. The number of para-hydroxylation sites is 1. The molecule has 0 fully saturated rings. The number of hydrogen-bond acceptors (Lipinski definition) is 4. The quantitative estimate of drug-likeness (QED) is 0.552. The number of fused-ring (bicyclic) bond motifs is 1. The van der Waals surface area contributed by atoms with E-state index in [0.29, 0.717) is 5.56 Å². The Balaban J connectivity index is 2.10. The number of nitrogens with zero attached hydrogens (tertiary/aromatic N) is 1. The van der Waals surface area contributed by atoms with Crippen LogP contribution in [-0.2, 0) is 11.2 Å². The molecule has 3 aromatic rings. The van der Waals surface area contributed by atoms with Gasteiger partial charge >= 0.3 is 0 Å². The van der Waals surface area contributed by atoms with Crippen molar-refractivity contribution in [3.63, 3.8) is 0 Å². The predicted molar refractivity (Wildman–Crippen MR) is 92.2 cm³/mol. The maximum atomic E-state index is 11.3. The molecule has 1 atom stereocenters. The minimum absolute atomic E-state index is 0.0249. The van der Waals surface area contributed by atoms with Gasteiger partial charge in [0.25, 0.3) is 5.69 Å². The van der Waals surface area contributed by atoms with Crippen LogP contribution < -0.4 is 5.11 Å². The molecule has 0 radical (unpaired) electrons. The Morgan fingerprint density at radius 1 is 1.20 bits per heavy atom. The van der Waals surface area contributed by atoms with Crippen LogP contribution in [0.2, 0.25) is 0 Å². The first-order valence-electron chi connectivity index (χ1n) is 8.04. The number of aliphatic carboxylic acids is 1. The van der Waals surface area contributed by atoms with Crippen molar-refractivity contribution in [2.24, 2.45) is 0 Å². The van der Waals surface area contributed by atoms with E-state index in [1.165, 1.54) is 12.1 Å². The fraction of sp³-hybridized carbons (Fsp3) is 0.211. The number of rotatable bonds is 6. The Morgan fingerprint density at radius 2 is 1.92 bits per heavy atom. The number of carboxylic acids is 1. The third kappa shape index (κ3) is 3.24. The molecule has 2 aromatic carbocycles. The second-order valence-corrected chi connectivity index (χ2v) is 5.91. The van der Waals surface area contributed by atoms with Gasteiger partial charge in [-0.25, -0.2) is 0 Å². The molecule has 1 heterocycles. The van der Waals surface area contributed by atoms with Gasteiger partial charge in [0.1, 0.15) is 0 Å². The van der Waals surface area contributed by atoms with Crippen molar-refractivity contribution in [1.29, 1.82) is 0 Å². The standard InChI is InChI=1S/C19H18N2O4/c1-2-12-4-3-5-15-17(11-20-19(12)15)16(10-18(22)23)13-6-8-14(9-7-13)21(24)25/h3-9,11,16,20H,2,10H2,1H3,(H,22,23)/p-1/t16-/m1/s1. The lowest BCUT2D eigenvalue weighted by atomic mass is 9.88. The number of carbonyl (C=O) groups is 1. The molecule has 1 N–H and O–H groups in total. The van der Waals surface area contributed by atoms with Crippen LogP contribution >= 0.6 is 0 Å². The molecule has 6 nitrogen and oxygen atoms in total. The van der Waals surface area contributed by atoms with E-state index in [0.717, 1.165) is 28.5 Å². The van der Waals surface area contributed by atoms with Crippen molar-refractivity contribution in [1.82, 2.24) is 4.98 Å². The molecular formula is C19H17N2O4-. The van der Waals surface area contributed by atoms with Crippen molar-refractivity contribution in [2.75, 3.05) is 0 Å². The Morgan fingerprint density at radius 3 is 2.52 bits per heavy atom. The van der Waals surface area contributed by atoms with Crippen LogP contribution in [0.3, 0.4) is 0 Å². The van der Waals surface area contributed by atoms with Crippen LogP contribution in [0.15, 0.2) is 48.7 Å². The molecule has 0 aliphatic carbocycles. The maximum Gasteiger partial charge on any atom is 0.269 e. The van der Waals surface area contributed by atoms with E-state index in [1.807, 2.05) is 24.4 Å². The molecule has 6 heteroatoms. The number of nitro benzene ring substituents is 1. The molecule has 0 spiro atoms.